The first-order valence-corrected chi connectivity index (χ1v) is 11.8. The Labute approximate surface area is 212 Å². The summed E-state index contributed by atoms with van der Waals surface area (Å²) < 4.78 is 3.71. The Kier molecular flexibility index (Phi) is 5.56. The number of hydrogen-bond acceptors (Lipinski definition) is 6. The van der Waals surface area contributed by atoms with Crippen LogP contribution < -0.4 is 0 Å². The maximum absolute atomic E-state index is 11.4. The number of nitrogens with zero attached hydrogens (tertiary/aromatic N) is 7. The number of nitriles is 1. The fraction of sp³-hybridized carbons (Fsp3) is 0.148. The lowest BCUT2D eigenvalue weighted by Gasteiger charge is -2.33. The van der Waals surface area contributed by atoms with Crippen LogP contribution in [0, 0.1) is 17.2 Å². The van der Waals surface area contributed by atoms with Gasteiger partial charge in [0.1, 0.15) is 6.10 Å². The lowest BCUT2D eigenvalue weighted by atomic mass is 9.79. The highest BCUT2D eigenvalue weighted by Gasteiger charge is 2.34. The number of aliphatic hydroxyl groups is 1. The monoisotopic (exact) mass is 493 g/mol. The second-order valence-electron chi connectivity index (χ2n) is 8.79. The molecule has 9 heteroatoms. The standard InChI is InChI=1S/C27H20ClN7O/c28-21-3-1-2-19(10-21)22-12-26-31-32-33-35(26)24-9-8-20(11-23(22)24)27(36)25-14-30-16-34(25)15-18-6-4-17(13-29)5-7-18/h1-12,14,16,23-24,27,36H,15H2. The van der Waals surface area contributed by atoms with Gasteiger partial charge in [0.05, 0.1) is 35.9 Å². The van der Waals surface area contributed by atoms with Crippen molar-refractivity contribution >= 4 is 23.3 Å². The normalized spacial score (nSPS) is 19.0. The van der Waals surface area contributed by atoms with Gasteiger partial charge in [-0.15, -0.1) is 5.10 Å². The van der Waals surface area contributed by atoms with Gasteiger partial charge in [0.15, 0.2) is 5.82 Å². The van der Waals surface area contributed by atoms with Gasteiger partial charge in [-0.2, -0.15) is 5.26 Å². The molecule has 1 aliphatic heterocycles. The quantitative estimate of drug-likeness (QED) is 0.442. The summed E-state index contributed by atoms with van der Waals surface area (Å²) in [6, 6.07) is 17.1. The number of aromatic nitrogens is 6. The zero-order valence-corrected chi connectivity index (χ0v) is 19.7. The smallest absolute Gasteiger partial charge is 0.175 e. The van der Waals surface area contributed by atoms with Crippen LogP contribution in [0.15, 0.2) is 84.9 Å². The molecule has 0 radical (unpaired) electrons. The van der Waals surface area contributed by atoms with Crippen LogP contribution in [0.5, 0.6) is 0 Å². The van der Waals surface area contributed by atoms with Crippen molar-refractivity contribution in [3.8, 4) is 6.07 Å². The van der Waals surface area contributed by atoms with Gasteiger partial charge in [0.2, 0.25) is 0 Å². The molecule has 0 bridgehead atoms. The van der Waals surface area contributed by atoms with Gasteiger partial charge in [-0.25, -0.2) is 9.67 Å². The summed E-state index contributed by atoms with van der Waals surface area (Å²) in [4.78, 5) is 4.29. The highest BCUT2D eigenvalue weighted by atomic mass is 35.5. The molecule has 3 atom stereocenters. The average molecular weight is 494 g/mol. The third-order valence-electron chi connectivity index (χ3n) is 6.60. The van der Waals surface area contributed by atoms with E-state index in [0.29, 0.717) is 28.6 Å². The molecule has 0 amide bonds. The number of hydrogen-bond donors (Lipinski definition) is 1. The van der Waals surface area contributed by atoms with Crippen LogP contribution >= 0.6 is 11.6 Å². The number of imidazole rings is 1. The van der Waals surface area contributed by atoms with Crippen molar-refractivity contribution < 1.29 is 5.11 Å². The minimum atomic E-state index is -0.876. The maximum atomic E-state index is 11.4. The van der Waals surface area contributed by atoms with Crippen molar-refractivity contribution in [1.82, 2.24) is 29.8 Å². The van der Waals surface area contributed by atoms with Crippen LogP contribution in [0.4, 0.5) is 0 Å². The predicted octanol–water partition coefficient (Wildman–Crippen LogP) is 4.38. The fourth-order valence-electron chi connectivity index (χ4n) is 4.81. The molecule has 176 valence electrons. The van der Waals surface area contributed by atoms with E-state index in [2.05, 4.69) is 32.7 Å². The molecule has 0 spiro atoms. The molecule has 0 saturated heterocycles. The summed E-state index contributed by atoms with van der Waals surface area (Å²) >= 11 is 6.30. The molecule has 36 heavy (non-hydrogen) atoms. The number of tetrazole rings is 1. The van der Waals surface area contributed by atoms with E-state index in [-0.39, 0.29) is 12.0 Å². The second kappa shape index (κ2) is 9.04. The molecule has 3 unspecified atom stereocenters. The average Bonchev–Trinajstić information content (AvgIpc) is 3.57. The first kappa shape index (κ1) is 22.2. The zero-order chi connectivity index (χ0) is 24.6. The minimum absolute atomic E-state index is 0.0935. The van der Waals surface area contributed by atoms with Gasteiger partial charge in [0, 0.05) is 17.5 Å². The summed E-state index contributed by atoms with van der Waals surface area (Å²) in [6.45, 7) is 0.531. The molecule has 8 nitrogen and oxygen atoms in total. The molecule has 4 aromatic rings. The largest absolute Gasteiger partial charge is 0.382 e. The number of aliphatic hydroxyl groups excluding tert-OH is 1. The highest BCUT2D eigenvalue weighted by molar-refractivity contribution is 6.30. The third kappa shape index (κ3) is 3.94. The number of fused-ring (bicyclic) bond motifs is 3. The summed E-state index contributed by atoms with van der Waals surface area (Å²) in [5.41, 5.74) is 5.09. The number of allylic oxidation sites excluding steroid dienone is 3. The van der Waals surface area contributed by atoms with Crippen LogP contribution in [-0.2, 0) is 6.54 Å². The molecule has 3 heterocycles. The SMILES string of the molecule is N#Cc1ccc(Cn2cncc2C(O)C2=CC3C(c4cccc(Cl)c4)=Cc4nnnn4C3C=C2)cc1. The molecule has 0 fully saturated rings. The minimum Gasteiger partial charge on any atom is -0.382 e. The van der Waals surface area contributed by atoms with Crippen molar-refractivity contribution in [2.24, 2.45) is 5.92 Å². The first-order chi connectivity index (χ1) is 17.6. The highest BCUT2D eigenvalue weighted by Crippen LogP contribution is 2.44. The van der Waals surface area contributed by atoms with Crippen LogP contribution in [-0.4, -0.2) is 34.9 Å². The van der Waals surface area contributed by atoms with Crippen LogP contribution in [0.1, 0.15) is 40.4 Å². The Morgan fingerprint density at radius 3 is 2.83 bits per heavy atom. The molecular formula is C27H20ClN7O. The van der Waals surface area contributed by atoms with E-state index >= 15 is 0 Å². The first-order valence-electron chi connectivity index (χ1n) is 11.4. The van der Waals surface area contributed by atoms with Gasteiger partial charge in [0.25, 0.3) is 0 Å². The molecular weight excluding hydrogens is 474 g/mol. The summed E-state index contributed by atoms with van der Waals surface area (Å²) in [5, 5.41) is 33.3. The molecule has 6 rings (SSSR count). The molecule has 1 N–H and O–H groups in total. The third-order valence-corrected chi connectivity index (χ3v) is 6.84. The van der Waals surface area contributed by atoms with E-state index in [1.807, 2.05) is 59.2 Å². The number of halogens is 1. The topological polar surface area (TPSA) is 105 Å². The van der Waals surface area contributed by atoms with E-state index in [1.165, 1.54) is 0 Å². The maximum Gasteiger partial charge on any atom is 0.175 e. The van der Waals surface area contributed by atoms with E-state index in [4.69, 9.17) is 16.9 Å². The number of rotatable bonds is 5. The Morgan fingerprint density at radius 2 is 2.03 bits per heavy atom. The van der Waals surface area contributed by atoms with E-state index in [9.17, 15) is 5.11 Å². The molecule has 2 aromatic carbocycles. The summed E-state index contributed by atoms with van der Waals surface area (Å²) in [6.07, 6.45) is 10.5. The van der Waals surface area contributed by atoms with Gasteiger partial charge in [-0.1, -0.05) is 54.1 Å². The van der Waals surface area contributed by atoms with Crippen molar-refractivity contribution in [3.63, 3.8) is 0 Å². The second-order valence-corrected chi connectivity index (χ2v) is 9.23. The zero-order valence-electron chi connectivity index (χ0n) is 19.0. The van der Waals surface area contributed by atoms with Crippen molar-refractivity contribution in [3.05, 3.63) is 118 Å². The Bertz CT molecular complexity index is 1570. The summed E-state index contributed by atoms with van der Waals surface area (Å²) in [7, 11) is 0. The van der Waals surface area contributed by atoms with Crippen LogP contribution in [0.3, 0.4) is 0 Å². The Balaban J connectivity index is 1.33. The molecule has 1 aliphatic carbocycles. The van der Waals surface area contributed by atoms with Gasteiger partial charge in [-0.3, -0.25) is 0 Å². The van der Waals surface area contributed by atoms with Crippen molar-refractivity contribution in [2.45, 2.75) is 18.7 Å². The molecule has 2 aliphatic rings. The van der Waals surface area contributed by atoms with Gasteiger partial charge in [-0.05, 0) is 63.0 Å². The Hall–Kier alpha value is -4.32. The predicted molar refractivity (Wildman–Crippen MR) is 134 cm³/mol. The van der Waals surface area contributed by atoms with Crippen molar-refractivity contribution in [1.29, 1.82) is 5.26 Å². The van der Waals surface area contributed by atoms with Crippen LogP contribution in [0.2, 0.25) is 5.02 Å². The summed E-state index contributed by atoms with van der Waals surface area (Å²) in [5.74, 6) is 0.581. The Morgan fingerprint density at radius 1 is 1.17 bits per heavy atom. The van der Waals surface area contributed by atoms with Gasteiger partial charge >= 0.3 is 0 Å². The van der Waals surface area contributed by atoms with E-state index in [1.54, 1.807) is 29.3 Å². The van der Waals surface area contributed by atoms with E-state index in [0.717, 1.165) is 22.3 Å². The van der Waals surface area contributed by atoms with E-state index < -0.39 is 6.10 Å². The lowest BCUT2D eigenvalue weighted by molar-refractivity contribution is 0.208. The fourth-order valence-corrected chi connectivity index (χ4v) is 5.00. The van der Waals surface area contributed by atoms with Crippen molar-refractivity contribution in [2.75, 3.05) is 0 Å². The molecule has 2 aromatic heterocycles. The number of benzene rings is 2. The molecule has 0 saturated carbocycles. The van der Waals surface area contributed by atoms with Crippen LogP contribution in [0.25, 0.3) is 11.6 Å². The van der Waals surface area contributed by atoms with Gasteiger partial charge < -0.3 is 9.67 Å². The lowest BCUT2D eigenvalue weighted by Crippen LogP contribution is -2.26.